The molecule has 0 amide bonds. The molecule has 3 heteroatoms. The van der Waals surface area contributed by atoms with Crippen molar-refractivity contribution in [1.29, 1.82) is 0 Å². The SMILES string of the molecule is Cc1cc(C)c(B(c2ccc(/C=C/c3ccc4c(c3)C(C)(C)c3cc(P(C)(O)(c5ccccc5)c5ccccc5)ccc3-4)cc2)c2c(C)cc(C)cc2C)c(C)c1. The fourth-order valence-corrected chi connectivity index (χ4v) is 13.6. The zero-order valence-corrected chi connectivity index (χ0v) is 35.9. The number of hydrogen-bond donors (Lipinski definition) is 1. The molecule has 0 aliphatic heterocycles. The summed E-state index contributed by atoms with van der Waals surface area (Å²) in [4.78, 5) is 13.2. The minimum Gasteiger partial charge on any atom is -0.0629 e. The van der Waals surface area contributed by atoms with Gasteiger partial charge in [0, 0.05) is 0 Å². The van der Waals surface area contributed by atoms with Crippen LogP contribution in [0.3, 0.4) is 0 Å². The molecule has 1 aliphatic rings. The molecular weight excluding hydrogens is 706 g/mol. The Morgan fingerprint density at radius 2 is 0.895 bits per heavy atom. The normalized spacial score (nSPS) is 13.9. The first-order valence-corrected chi connectivity index (χ1v) is 22.9. The molecule has 0 aromatic heterocycles. The van der Waals surface area contributed by atoms with Gasteiger partial charge in [0.2, 0.25) is 6.71 Å². The van der Waals surface area contributed by atoms with Crippen LogP contribution in [0.5, 0.6) is 0 Å². The molecule has 7 aromatic rings. The summed E-state index contributed by atoms with van der Waals surface area (Å²) >= 11 is 0. The van der Waals surface area contributed by atoms with E-state index in [0.717, 1.165) is 15.9 Å². The summed E-state index contributed by atoms with van der Waals surface area (Å²) in [6, 6.07) is 52.7. The first kappa shape index (κ1) is 38.6. The standard InChI is InChI=1S/C54H54BOP/c1-36-30-38(3)52(39(4)31-36)55(53-40(5)32-37(2)33-41(53)6)44-25-22-42(23-26-44)20-21-43-24-28-48-49-29-27-47(35-51(49)54(7,8)50(48)34-43)57(9,56,45-16-12-10-13-17-45)46-18-14-11-15-19-46/h10-35,56H,1-9H3/b21-20+. The van der Waals surface area contributed by atoms with Gasteiger partial charge >= 0.3 is 220 Å². The third kappa shape index (κ3) is 6.54. The quantitative estimate of drug-likeness (QED) is 0.0930. The van der Waals surface area contributed by atoms with E-state index in [1.165, 1.54) is 83.1 Å². The van der Waals surface area contributed by atoms with Gasteiger partial charge in [0.15, 0.2) is 0 Å². The van der Waals surface area contributed by atoms with Gasteiger partial charge in [0.1, 0.15) is 0 Å². The molecule has 0 saturated heterocycles. The molecule has 7 aromatic carbocycles. The number of aryl methyl sites for hydroxylation is 6. The van der Waals surface area contributed by atoms with E-state index in [0.29, 0.717) is 0 Å². The Kier molecular flexibility index (Phi) is 9.67. The molecule has 0 heterocycles. The Labute approximate surface area is 341 Å². The zero-order chi connectivity index (χ0) is 40.3. The van der Waals surface area contributed by atoms with Crippen molar-refractivity contribution in [1.82, 2.24) is 0 Å². The molecular formula is C54H54BOP. The number of fused-ring (bicyclic) bond motifs is 3. The van der Waals surface area contributed by atoms with Gasteiger partial charge in [-0.05, 0) is 41.5 Å². The van der Waals surface area contributed by atoms with Crippen molar-refractivity contribution in [2.75, 3.05) is 6.66 Å². The minimum atomic E-state index is -3.74. The molecule has 284 valence electrons. The summed E-state index contributed by atoms with van der Waals surface area (Å²) in [7, 11) is 0. The van der Waals surface area contributed by atoms with E-state index in [2.05, 4.69) is 183 Å². The van der Waals surface area contributed by atoms with Crippen LogP contribution in [0.4, 0.5) is 0 Å². The van der Waals surface area contributed by atoms with Crippen molar-refractivity contribution in [2.45, 2.75) is 60.8 Å². The van der Waals surface area contributed by atoms with Gasteiger partial charge in [-0.3, -0.25) is 0 Å². The van der Waals surface area contributed by atoms with Gasteiger partial charge in [-0.25, -0.2) is 0 Å². The summed E-state index contributed by atoms with van der Waals surface area (Å²) in [5, 5.41) is 2.93. The van der Waals surface area contributed by atoms with Crippen molar-refractivity contribution < 1.29 is 4.89 Å². The average molecular weight is 761 g/mol. The molecule has 0 radical (unpaired) electrons. The number of rotatable bonds is 8. The van der Waals surface area contributed by atoms with Gasteiger partial charge in [-0.15, -0.1) is 0 Å². The molecule has 0 bridgehead atoms. The van der Waals surface area contributed by atoms with Gasteiger partial charge in [-0.2, -0.15) is 0 Å². The van der Waals surface area contributed by atoms with Crippen LogP contribution >= 0.6 is 6.83 Å². The van der Waals surface area contributed by atoms with E-state index in [9.17, 15) is 4.89 Å². The van der Waals surface area contributed by atoms with Crippen molar-refractivity contribution in [3.63, 3.8) is 0 Å². The van der Waals surface area contributed by atoms with E-state index < -0.39 is 6.83 Å². The minimum absolute atomic E-state index is 0.159. The summed E-state index contributed by atoms with van der Waals surface area (Å²) in [6.07, 6.45) is 4.49. The Hall–Kier alpha value is -5.27. The molecule has 0 fully saturated rings. The monoisotopic (exact) mass is 760 g/mol. The molecule has 1 N–H and O–H groups in total. The van der Waals surface area contributed by atoms with Crippen LogP contribution in [-0.2, 0) is 5.41 Å². The predicted molar refractivity (Wildman–Crippen MR) is 252 cm³/mol. The third-order valence-electron chi connectivity index (χ3n) is 12.9. The van der Waals surface area contributed by atoms with Crippen LogP contribution in [0.15, 0.2) is 146 Å². The molecule has 1 aliphatic carbocycles. The van der Waals surface area contributed by atoms with Crippen LogP contribution in [0, 0.1) is 41.5 Å². The third-order valence-corrected chi connectivity index (χ3v) is 17.5. The second kappa shape index (κ2) is 14.3. The smallest absolute Gasteiger partial charge is 0.0629 e. The summed E-state index contributed by atoms with van der Waals surface area (Å²) in [5.41, 5.74) is 19.4. The number of hydrogen-bond acceptors (Lipinski definition) is 1. The molecule has 8 rings (SSSR count). The van der Waals surface area contributed by atoms with Crippen LogP contribution < -0.4 is 32.3 Å². The zero-order valence-electron chi connectivity index (χ0n) is 35.0. The Balaban J connectivity index is 1.12. The van der Waals surface area contributed by atoms with Crippen LogP contribution in [0.1, 0.15) is 69.5 Å². The van der Waals surface area contributed by atoms with Crippen LogP contribution in [-0.4, -0.2) is 18.3 Å². The Bertz CT molecular complexity index is 2540. The van der Waals surface area contributed by atoms with Gasteiger partial charge in [0.05, 0.1) is 0 Å². The second-order valence-electron chi connectivity index (χ2n) is 17.4. The van der Waals surface area contributed by atoms with E-state index in [1.54, 1.807) is 0 Å². The summed E-state index contributed by atoms with van der Waals surface area (Å²) in [5.74, 6) is 0. The van der Waals surface area contributed by atoms with Crippen molar-refractivity contribution in [2.24, 2.45) is 0 Å². The van der Waals surface area contributed by atoms with Gasteiger partial charge in [0.25, 0.3) is 0 Å². The van der Waals surface area contributed by atoms with E-state index in [-0.39, 0.29) is 12.1 Å². The second-order valence-corrected chi connectivity index (χ2v) is 22.0. The fraction of sp³-hybridized carbons (Fsp3) is 0.185. The number of benzene rings is 7. The summed E-state index contributed by atoms with van der Waals surface area (Å²) < 4.78 is 0. The first-order valence-electron chi connectivity index (χ1n) is 20.3. The summed E-state index contributed by atoms with van der Waals surface area (Å²) in [6.45, 7) is 16.6. The molecule has 0 unspecified atom stereocenters. The van der Waals surface area contributed by atoms with E-state index in [4.69, 9.17) is 0 Å². The first-order chi connectivity index (χ1) is 27.2. The molecule has 0 saturated carbocycles. The van der Waals surface area contributed by atoms with Crippen LogP contribution in [0.2, 0.25) is 0 Å². The van der Waals surface area contributed by atoms with Gasteiger partial charge < -0.3 is 0 Å². The van der Waals surface area contributed by atoms with E-state index in [1.807, 2.05) is 36.4 Å². The molecule has 1 nitrogen and oxygen atoms in total. The van der Waals surface area contributed by atoms with Crippen molar-refractivity contribution >= 4 is 58.0 Å². The maximum atomic E-state index is 13.2. The molecule has 0 atom stereocenters. The van der Waals surface area contributed by atoms with E-state index >= 15 is 0 Å². The Morgan fingerprint density at radius 1 is 0.474 bits per heavy atom. The fourth-order valence-electron chi connectivity index (χ4n) is 9.98. The molecule has 57 heavy (non-hydrogen) atoms. The topological polar surface area (TPSA) is 20.2 Å². The van der Waals surface area contributed by atoms with Crippen molar-refractivity contribution in [3.05, 3.63) is 201 Å². The molecule has 0 spiro atoms. The van der Waals surface area contributed by atoms with Gasteiger partial charge in [-0.1, -0.05) is 74.0 Å². The van der Waals surface area contributed by atoms with Crippen LogP contribution in [0.25, 0.3) is 23.3 Å². The van der Waals surface area contributed by atoms with Crippen molar-refractivity contribution in [3.8, 4) is 11.1 Å². The average Bonchev–Trinajstić information content (AvgIpc) is 3.41. The predicted octanol–water partition coefficient (Wildman–Crippen LogP) is 9.90. The Morgan fingerprint density at radius 3 is 1.39 bits per heavy atom. The maximum absolute atomic E-state index is 13.2.